The summed E-state index contributed by atoms with van der Waals surface area (Å²) in [6.07, 6.45) is 18.2. The molecule has 0 atom stereocenters. The first kappa shape index (κ1) is 20.8. The summed E-state index contributed by atoms with van der Waals surface area (Å²) in [5.41, 5.74) is 2.60. The average molecular weight is 382 g/mol. The monoisotopic (exact) mass is 381 g/mol. The highest BCUT2D eigenvalue weighted by Gasteiger charge is 2.18. The second kappa shape index (κ2) is 10.6. The van der Waals surface area contributed by atoms with Crippen molar-refractivity contribution in [3.05, 3.63) is 40.4 Å². The summed E-state index contributed by atoms with van der Waals surface area (Å²) >= 11 is 6.58. The Morgan fingerprint density at radius 3 is 2.28 bits per heavy atom. The van der Waals surface area contributed by atoms with E-state index in [1.807, 2.05) is 0 Å². The van der Waals surface area contributed by atoms with Crippen molar-refractivity contribution < 1.29 is 0 Å². The predicted molar refractivity (Wildman–Crippen MR) is 113 cm³/mol. The molecule has 0 aromatic heterocycles. The van der Waals surface area contributed by atoms with Crippen LogP contribution in [0.15, 0.2) is 24.3 Å². The van der Waals surface area contributed by atoms with E-state index in [2.05, 4.69) is 42.3 Å². The molecule has 0 N–H and O–H groups in total. The van der Waals surface area contributed by atoms with Gasteiger partial charge in [-0.15, -0.1) is 12.4 Å². The van der Waals surface area contributed by atoms with Crippen molar-refractivity contribution in [1.29, 1.82) is 0 Å². The fraction of sp³-hybridized carbons (Fsp3) is 0.636. The highest BCUT2D eigenvalue weighted by atomic mass is 35.5. The molecule has 1 nitrogen and oxygen atoms in total. The minimum absolute atomic E-state index is 0. The van der Waals surface area contributed by atoms with Crippen LogP contribution in [0.1, 0.15) is 81.3 Å². The molecule has 0 spiro atoms. The Kier molecular flexibility index (Phi) is 8.82. The fourth-order valence-electron chi connectivity index (χ4n) is 4.42. The molecule has 1 aromatic rings. The first-order valence-corrected chi connectivity index (χ1v) is 10.3. The Labute approximate surface area is 165 Å². The lowest BCUT2D eigenvalue weighted by atomic mass is 9.84. The molecule has 0 bridgehead atoms. The molecule has 3 rings (SSSR count). The summed E-state index contributed by atoms with van der Waals surface area (Å²) in [6.45, 7) is 1.03. The van der Waals surface area contributed by atoms with Crippen LogP contribution in [0.25, 0.3) is 6.08 Å². The molecule has 0 heterocycles. The van der Waals surface area contributed by atoms with E-state index < -0.39 is 0 Å². The zero-order valence-electron chi connectivity index (χ0n) is 15.6. The number of halogens is 2. The van der Waals surface area contributed by atoms with Crippen LogP contribution in [0, 0.1) is 0 Å². The van der Waals surface area contributed by atoms with E-state index in [1.165, 1.54) is 75.3 Å². The van der Waals surface area contributed by atoms with Crippen LogP contribution < -0.4 is 0 Å². The molecule has 3 heteroatoms. The maximum absolute atomic E-state index is 6.58. The minimum Gasteiger partial charge on any atom is -0.300 e. The summed E-state index contributed by atoms with van der Waals surface area (Å²) in [5, 5.41) is 0.963. The molecule has 0 radical (unpaired) electrons. The van der Waals surface area contributed by atoms with Gasteiger partial charge >= 0.3 is 0 Å². The van der Waals surface area contributed by atoms with Crippen LogP contribution in [0.2, 0.25) is 5.02 Å². The van der Waals surface area contributed by atoms with Crippen molar-refractivity contribution in [2.75, 3.05) is 13.6 Å². The van der Waals surface area contributed by atoms with Gasteiger partial charge in [0.25, 0.3) is 0 Å². The third kappa shape index (κ3) is 6.01. The largest absolute Gasteiger partial charge is 0.300 e. The number of benzene rings is 1. The standard InChI is InChI=1S/C22H32ClN.ClH/c1-24(20-12-6-3-7-13-20)16-8-9-18-14-15-21(22(23)17-18)19-10-4-2-5-11-19;/h8-9,14-15,17,19-20H,2-7,10-13,16H2,1H3;1H. The highest BCUT2D eigenvalue weighted by molar-refractivity contribution is 6.31. The van der Waals surface area contributed by atoms with Crippen LogP contribution in [-0.2, 0) is 0 Å². The molecule has 2 fully saturated rings. The Morgan fingerprint density at radius 2 is 1.64 bits per heavy atom. The number of nitrogens with zero attached hydrogens (tertiary/aromatic N) is 1. The Balaban J connectivity index is 0.00000225. The smallest absolute Gasteiger partial charge is 0.0446 e. The summed E-state index contributed by atoms with van der Waals surface area (Å²) in [4.78, 5) is 2.51. The fourth-order valence-corrected chi connectivity index (χ4v) is 4.76. The summed E-state index contributed by atoms with van der Waals surface area (Å²) in [6, 6.07) is 7.44. The molecular weight excluding hydrogens is 349 g/mol. The van der Waals surface area contributed by atoms with E-state index >= 15 is 0 Å². The Bertz CT molecular complexity index is 543. The quantitative estimate of drug-likeness (QED) is 0.525. The van der Waals surface area contributed by atoms with Gasteiger partial charge in [0.2, 0.25) is 0 Å². The third-order valence-corrected chi connectivity index (χ3v) is 6.30. The Hall–Kier alpha value is -0.500. The van der Waals surface area contributed by atoms with E-state index in [0.29, 0.717) is 5.92 Å². The summed E-state index contributed by atoms with van der Waals surface area (Å²) < 4.78 is 0. The van der Waals surface area contributed by atoms with Gasteiger partial charge in [-0.3, -0.25) is 4.90 Å². The van der Waals surface area contributed by atoms with Gasteiger partial charge in [0.1, 0.15) is 0 Å². The molecule has 140 valence electrons. The maximum Gasteiger partial charge on any atom is 0.0446 e. The number of rotatable bonds is 5. The summed E-state index contributed by atoms with van der Waals surface area (Å²) in [5.74, 6) is 0.682. The number of hydrogen-bond donors (Lipinski definition) is 0. The van der Waals surface area contributed by atoms with Crippen molar-refractivity contribution in [1.82, 2.24) is 4.90 Å². The molecule has 0 aliphatic heterocycles. The van der Waals surface area contributed by atoms with Crippen LogP contribution in [-0.4, -0.2) is 24.5 Å². The second-order valence-electron chi connectivity index (χ2n) is 7.75. The van der Waals surface area contributed by atoms with E-state index in [0.717, 1.165) is 17.6 Å². The van der Waals surface area contributed by atoms with E-state index in [9.17, 15) is 0 Å². The van der Waals surface area contributed by atoms with Gasteiger partial charge in [0, 0.05) is 17.6 Å². The van der Waals surface area contributed by atoms with Crippen LogP contribution in [0.5, 0.6) is 0 Å². The molecular formula is C22H33Cl2N. The lowest BCUT2D eigenvalue weighted by Crippen LogP contribution is -2.33. The molecule has 25 heavy (non-hydrogen) atoms. The average Bonchev–Trinajstić information content (AvgIpc) is 2.63. The maximum atomic E-state index is 6.58. The third-order valence-electron chi connectivity index (χ3n) is 5.97. The van der Waals surface area contributed by atoms with Crippen LogP contribution >= 0.6 is 24.0 Å². The van der Waals surface area contributed by atoms with Crippen molar-refractivity contribution in [2.24, 2.45) is 0 Å². The normalized spacial score (nSPS) is 20.1. The first-order chi connectivity index (χ1) is 11.7. The van der Waals surface area contributed by atoms with Crippen LogP contribution in [0.3, 0.4) is 0 Å². The first-order valence-electron chi connectivity index (χ1n) is 9.90. The van der Waals surface area contributed by atoms with Gasteiger partial charge < -0.3 is 0 Å². The molecule has 2 aliphatic rings. The second-order valence-corrected chi connectivity index (χ2v) is 8.16. The number of hydrogen-bond acceptors (Lipinski definition) is 1. The van der Waals surface area contributed by atoms with Gasteiger partial charge in [0.05, 0.1) is 0 Å². The predicted octanol–water partition coefficient (Wildman–Crippen LogP) is 7.09. The van der Waals surface area contributed by atoms with Gasteiger partial charge in [-0.25, -0.2) is 0 Å². The van der Waals surface area contributed by atoms with Crippen LogP contribution in [0.4, 0.5) is 0 Å². The van der Waals surface area contributed by atoms with Gasteiger partial charge in [-0.05, 0) is 55.8 Å². The van der Waals surface area contributed by atoms with Crippen molar-refractivity contribution >= 4 is 30.1 Å². The van der Waals surface area contributed by atoms with Crippen molar-refractivity contribution in [3.63, 3.8) is 0 Å². The SMILES string of the molecule is CN(CC=Cc1ccc(C2CCCCC2)c(Cl)c1)C1CCCCC1.Cl. The Morgan fingerprint density at radius 1 is 1.00 bits per heavy atom. The highest BCUT2D eigenvalue weighted by Crippen LogP contribution is 2.36. The lowest BCUT2D eigenvalue weighted by Gasteiger charge is -2.30. The minimum atomic E-state index is 0. The molecule has 0 unspecified atom stereocenters. The van der Waals surface area contributed by atoms with E-state index in [-0.39, 0.29) is 12.4 Å². The molecule has 2 saturated carbocycles. The van der Waals surface area contributed by atoms with Gasteiger partial charge in [-0.1, -0.05) is 74.4 Å². The van der Waals surface area contributed by atoms with Crippen molar-refractivity contribution in [2.45, 2.75) is 76.2 Å². The number of likely N-dealkylation sites (N-methyl/N-ethyl adjacent to an activating group) is 1. The molecule has 0 amide bonds. The van der Waals surface area contributed by atoms with Gasteiger partial charge in [-0.2, -0.15) is 0 Å². The van der Waals surface area contributed by atoms with Gasteiger partial charge in [0.15, 0.2) is 0 Å². The van der Waals surface area contributed by atoms with E-state index in [1.54, 1.807) is 0 Å². The van der Waals surface area contributed by atoms with Crippen molar-refractivity contribution in [3.8, 4) is 0 Å². The lowest BCUT2D eigenvalue weighted by molar-refractivity contribution is 0.209. The zero-order valence-corrected chi connectivity index (χ0v) is 17.1. The topological polar surface area (TPSA) is 3.24 Å². The molecule has 2 aliphatic carbocycles. The molecule has 1 aromatic carbocycles. The summed E-state index contributed by atoms with van der Waals surface area (Å²) in [7, 11) is 2.26. The molecule has 0 saturated heterocycles. The van der Waals surface area contributed by atoms with E-state index in [4.69, 9.17) is 11.6 Å². The zero-order chi connectivity index (χ0) is 16.8.